The maximum atomic E-state index is 12.3. The van der Waals surface area contributed by atoms with Crippen LogP contribution < -0.4 is 0 Å². The maximum Gasteiger partial charge on any atom is 0.254 e. The lowest BCUT2D eigenvalue weighted by molar-refractivity contribution is -0.278. The molecule has 0 aromatic heterocycles. The van der Waals surface area contributed by atoms with Crippen LogP contribution in [0.3, 0.4) is 0 Å². The van der Waals surface area contributed by atoms with Gasteiger partial charge in [0.15, 0.2) is 12.4 Å². The maximum absolute atomic E-state index is 12.3. The Morgan fingerprint density at radius 2 is 1.67 bits per heavy atom. The summed E-state index contributed by atoms with van der Waals surface area (Å²) in [5, 5.41) is 38.4. The summed E-state index contributed by atoms with van der Waals surface area (Å²) in [6.45, 7) is 5.60. The lowest BCUT2D eigenvalue weighted by atomic mass is 9.98. The number of rotatable bonds is 3. The Labute approximate surface area is 123 Å². The molecule has 0 aliphatic carbocycles. The third kappa shape index (κ3) is 3.53. The van der Waals surface area contributed by atoms with E-state index in [0.29, 0.717) is 13.1 Å². The lowest BCUT2D eigenvalue weighted by Crippen LogP contribution is -2.63. The highest BCUT2D eigenvalue weighted by atomic mass is 16.6. The first-order chi connectivity index (χ1) is 9.95. The Hall–Kier alpha value is -0.770. The van der Waals surface area contributed by atoms with Gasteiger partial charge < -0.3 is 30.1 Å². The summed E-state index contributed by atoms with van der Waals surface area (Å²) in [6, 6.07) is 0. The van der Waals surface area contributed by atoms with Gasteiger partial charge in [-0.3, -0.25) is 9.69 Å². The van der Waals surface area contributed by atoms with E-state index in [0.717, 1.165) is 26.1 Å². The van der Waals surface area contributed by atoms with Crippen LogP contribution in [0.2, 0.25) is 0 Å². The van der Waals surface area contributed by atoms with Crippen molar-refractivity contribution in [2.75, 3.05) is 32.7 Å². The first kappa shape index (κ1) is 16.6. The van der Waals surface area contributed by atoms with Gasteiger partial charge in [0.2, 0.25) is 0 Å². The molecule has 1 unspecified atom stereocenters. The number of aliphatic hydroxyl groups excluding tert-OH is 4. The van der Waals surface area contributed by atoms with E-state index in [1.807, 2.05) is 0 Å². The molecule has 1 amide bonds. The highest BCUT2D eigenvalue weighted by Gasteiger charge is 2.47. The molecule has 0 bridgehead atoms. The van der Waals surface area contributed by atoms with Crippen LogP contribution in [0.25, 0.3) is 0 Å². The summed E-state index contributed by atoms with van der Waals surface area (Å²) in [7, 11) is 0. The fourth-order valence-corrected chi connectivity index (χ4v) is 2.75. The third-order valence-electron chi connectivity index (χ3n) is 4.06. The minimum Gasteiger partial charge on any atom is -0.387 e. The molecule has 2 fully saturated rings. The van der Waals surface area contributed by atoms with Crippen molar-refractivity contribution in [1.29, 1.82) is 0 Å². The number of nitrogens with zero attached hydrogens (tertiary/aromatic N) is 2. The first-order valence-corrected chi connectivity index (χ1v) is 7.34. The van der Waals surface area contributed by atoms with E-state index in [1.165, 1.54) is 0 Å². The molecule has 2 aliphatic heterocycles. The average Bonchev–Trinajstić information content (AvgIpc) is 2.49. The van der Waals surface area contributed by atoms with E-state index in [2.05, 4.69) is 11.8 Å². The highest BCUT2D eigenvalue weighted by Crippen LogP contribution is 2.22. The molecule has 122 valence electrons. The molecule has 0 aromatic rings. The second kappa shape index (κ2) is 6.99. The molecule has 0 aromatic carbocycles. The molecule has 0 radical (unpaired) electrons. The van der Waals surface area contributed by atoms with Crippen molar-refractivity contribution in [2.45, 2.75) is 44.1 Å². The van der Waals surface area contributed by atoms with Crippen molar-refractivity contribution in [1.82, 2.24) is 9.80 Å². The monoisotopic (exact) mass is 304 g/mol. The molecular formula is C13H24N2O6. The Bertz CT molecular complexity index is 361. The second-order valence-electron chi connectivity index (χ2n) is 5.59. The smallest absolute Gasteiger partial charge is 0.254 e. The molecular weight excluding hydrogens is 280 g/mol. The van der Waals surface area contributed by atoms with Crippen molar-refractivity contribution in [2.24, 2.45) is 0 Å². The van der Waals surface area contributed by atoms with Crippen molar-refractivity contribution < 1.29 is 30.0 Å². The lowest BCUT2D eigenvalue weighted by Gasteiger charge is -2.41. The predicted molar refractivity (Wildman–Crippen MR) is 72.2 cm³/mol. The van der Waals surface area contributed by atoms with Crippen molar-refractivity contribution in [3.63, 3.8) is 0 Å². The standard InChI is InChI=1S/C13H24N2O6/c1-2-3-14-4-6-15(7-5-14)12(19)11-9(17)8(16)10(18)13(20)21-11/h8-11,13,16-18,20H,2-7H2,1H3/t8-,9-,10+,11-,13?/m0/s1. The van der Waals surface area contributed by atoms with Gasteiger partial charge in [0.05, 0.1) is 0 Å². The van der Waals surface area contributed by atoms with E-state index < -0.39 is 36.6 Å². The van der Waals surface area contributed by atoms with Crippen LogP contribution >= 0.6 is 0 Å². The minimum atomic E-state index is -1.68. The molecule has 8 nitrogen and oxygen atoms in total. The fraction of sp³-hybridized carbons (Fsp3) is 0.923. The van der Waals surface area contributed by atoms with Crippen LogP contribution in [0, 0.1) is 0 Å². The van der Waals surface area contributed by atoms with Crippen molar-refractivity contribution in [3.05, 3.63) is 0 Å². The number of aliphatic hydroxyl groups is 4. The summed E-state index contributed by atoms with van der Waals surface area (Å²) in [5.41, 5.74) is 0. The van der Waals surface area contributed by atoms with E-state index in [9.17, 15) is 25.2 Å². The number of amides is 1. The van der Waals surface area contributed by atoms with E-state index >= 15 is 0 Å². The summed E-state index contributed by atoms with van der Waals surface area (Å²) in [4.78, 5) is 16.1. The average molecular weight is 304 g/mol. The molecule has 0 saturated carbocycles. The summed E-state index contributed by atoms with van der Waals surface area (Å²) in [6.07, 6.45) is -6.76. The SMILES string of the molecule is CCCN1CCN(C(=O)[C@H]2OC(O)[C@H](O)[C@@H](O)[C@@H]2O)CC1. The molecule has 2 rings (SSSR count). The highest BCUT2D eigenvalue weighted by molar-refractivity contribution is 5.82. The van der Waals surface area contributed by atoms with Gasteiger partial charge >= 0.3 is 0 Å². The van der Waals surface area contributed by atoms with Gasteiger partial charge in [0, 0.05) is 26.2 Å². The van der Waals surface area contributed by atoms with Gasteiger partial charge in [0.1, 0.15) is 18.3 Å². The third-order valence-corrected chi connectivity index (χ3v) is 4.06. The van der Waals surface area contributed by atoms with Gasteiger partial charge in [-0.1, -0.05) is 6.92 Å². The largest absolute Gasteiger partial charge is 0.387 e. The number of piperazine rings is 1. The zero-order chi connectivity index (χ0) is 15.6. The summed E-state index contributed by atoms with van der Waals surface area (Å²) < 4.78 is 4.96. The number of hydrogen-bond donors (Lipinski definition) is 4. The van der Waals surface area contributed by atoms with E-state index in [1.54, 1.807) is 4.90 Å². The van der Waals surface area contributed by atoms with Crippen molar-refractivity contribution >= 4 is 5.91 Å². The number of ether oxygens (including phenoxy) is 1. The van der Waals surface area contributed by atoms with Gasteiger partial charge in [-0.25, -0.2) is 0 Å². The van der Waals surface area contributed by atoms with Gasteiger partial charge in [-0.05, 0) is 13.0 Å². The van der Waals surface area contributed by atoms with Crippen molar-refractivity contribution in [3.8, 4) is 0 Å². The zero-order valence-electron chi connectivity index (χ0n) is 12.1. The van der Waals surface area contributed by atoms with Crippen LogP contribution in [0.15, 0.2) is 0 Å². The molecule has 8 heteroatoms. The Kier molecular flexibility index (Phi) is 5.53. The normalized spacial score (nSPS) is 38.5. The Morgan fingerprint density at radius 3 is 2.24 bits per heavy atom. The van der Waals surface area contributed by atoms with Crippen LogP contribution in [0.5, 0.6) is 0 Å². The summed E-state index contributed by atoms with van der Waals surface area (Å²) in [5.74, 6) is -0.469. The number of hydrogen-bond acceptors (Lipinski definition) is 7. The Morgan fingerprint density at radius 1 is 1.05 bits per heavy atom. The van der Waals surface area contributed by atoms with Gasteiger partial charge in [-0.15, -0.1) is 0 Å². The Balaban J connectivity index is 1.94. The van der Waals surface area contributed by atoms with Crippen LogP contribution in [-0.4, -0.2) is 99.6 Å². The zero-order valence-corrected chi connectivity index (χ0v) is 12.1. The minimum absolute atomic E-state index is 0.469. The van der Waals surface area contributed by atoms with Gasteiger partial charge in [-0.2, -0.15) is 0 Å². The topological polar surface area (TPSA) is 114 Å². The quantitative estimate of drug-likeness (QED) is 0.450. The van der Waals surface area contributed by atoms with Crippen LogP contribution in [-0.2, 0) is 9.53 Å². The van der Waals surface area contributed by atoms with Crippen LogP contribution in [0.4, 0.5) is 0 Å². The van der Waals surface area contributed by atoms with Gasteiger partial charge in [0.25, 0.3) is 5.91 Å². The second-order valence-corrected chi connectivity index (χ2v) is 5.59. The molecule has 2 aliphatic rings. The predicted octanol–water partition coefficient (Wildman–Crippen LogP) is -2.66. The first-order valence-electron chi connectivity index (χ1n) is 7.34. The number of carbonyl (C=O) groups is 1. The molecule has 2 heterocycles. The number of carbonyl (C=O) groups excluding carboxylic acids is 1. The van der Waals surface area contributed by atoms with E-state index in [4.69, 9.17) is 4.74 Å². The molecule has 21 heavy (non-hydrogen) atoms. The van der Waals surface area contributed by atoms with Crippen LogP contribution in [0.1, 0.15) is 13.3 Å². The fourth-order valence-electron chi connectivity index (χ4n) is 2.75. The molecule has 4 N–H and O–H groups in total. The molecule has 2 saturated heterocycles. The summed E-state index contributed by atoms with van der Waals surface area (Å²) >= 11 is 0. The van der Waals surface area contributed by atoms with E-state index in [-0.39, 0.29) is 0 Å². The molecule has 0 spiro atoms. The molecule has 5 atom stereocenters.